The highest BCUT2D eigenvalue weighted by molar-refractivity contribution is 5.93. The third kappa shape index (κ3) is 15.2. The number of ether oxygens (including phenoxy) is 6. The van der Waals surface area contributed by atoms with Crippen LogP contribution in [0.25, 0.3) is 11.1 Å². The third-order valence-electron chi connectivity index (χ3n) is 8.94. The zero-order valence-electron chi connectivity index (χ0n) is 33.5. The molecule has 10 nitrogen and oxygen atoms in total. The van der Waals surface area contributed by atoms with Crippen LogP contribution in [-0.4, -0.2) is 50.3 Å². The van der Waals surface area contributed by atoms with Crippen molar-refractivity contribution in [3.8, 4) is 34.1 Å². The van der Waals surface area contributed by atoms with Crippen molar-refractivity contribution in [2.24, 2.45) is 0 Å². The van der Waals surface area contributed by atoms with E-state index in [2.05, 4.69) is 13.2 Å². The van der Waals surface area contributed by atoms with Crippen molar-refractivity contribution in [2.45, 2.75) is 63.7 Å². The van der Waals surface area contributed by atoms with Crippen LogP contribution in [0.2, 0.25) is 0 Å². The van der Waals surface area contributed by atoms with Crippen LogP contribution >= 0.6 is 0 Å². The van der Waals surface area contributed by atoms with Crippen molar-refractivity contribution < 1.29 is 73.9 Å². The molecule has 0 aliphatic heterocycles. The smallest absolute Gasteiger partial charge is 0.420 e. The number of alkyl halides is 6. The topological polar surface area (TPSA) is 124 Å². The molecule has 4 aromatic rings. The summed E-state index contributed by atoms with van der Waals surface area (Å²) in [6.45, 7) is 7.99. The van der Waals surface area contributed by atoms with Gasteiger partial charge >= 0.3 is 36.2 Å². The van der Waals surface area contributed by atoms with Crippen LogP contribution in [0.4, 0.5) is 26.3 Å². The van der Waals surface area contributed by atoms with Crippen molar-refractivity contribution in [3.05, 3.63) is 132 Å². The molecule has 4 aromatic carbocycles. The first-order valence-electron chi connectivity index (χ1n) is 19.5. The number of unbranched alkanes of at least 4 members (excludes halogenated alkanes) is 6. The molecule has 0 atom stereocenters. The summed E-state index contributed by atoms with van der Waals surface area (Å²) in [6.07, 6.45) is -3.15. The van der Waals surface area contributed by atoms with Gasteiger partial charge in [-0.2, -0.15) is 26.3 Å². The molecule has 0 unspecified atom stereocenters. The lowest BCUT2D eigenvalue weighted by atomic mass is 10.0. The zero-order valence-corrected chi connectivity index (χ0v) is 33.5. The maximum atomic E-state index is 14.4. The standard InChI is InChI=1S/C46H44F6O10/c1-3-39(53)59-29-11-7-5-9-27-57-35-21-17-32(18-22-35)31-13-15-33(16-14-31)43(55)61-37-25-26-38(42(46(50,51)52)41(37)45(47,48)49)62-44(56)34-19-23-36(24-20-34)58-28-10-6-8-12-30-60-40(54)4-2/h3-4,13-26H,1-2,5-12,27-30H2. The zero-order chi connectivity index (χ0) is 45.1. The second kappa shape index (κ2) is 23.4. The number of hydrogen-bond acceptors (Lipinski definition) is 10. The quantitative estimate of drug-likeness (QED) is 0.0234. The molecule has 0 aliphatic carbocycles. The summed E-state index contributed by atoms with van der Waals surface area (Å²) in [7, 11) is 0. The van der Waals surface area contributed by atoms with Gasteiger partial charge in [-0.1, -0.05) is 37.4 Å². The van der Waals surface area contributed by atoms with Gasteiger partial charge in [0.25, 0.3) is 0 Å². The average molecular weight is 871 g/mol. The molecule has 0 N–H and O–H groups in total. The molecule has 62 heavy (non-hydrogen) atoms. The molecule has 0 spiro atoms. The Morgan fingerprint density at radius 3 is 1.13 bits per heavy atom. The van der Waals surface area contributed by atoms with Crippen molar-refractivity contribution >= 4 is 23.9 Å². The van der Waals surface area contributed by atoms with E-state index in [9.17, 15) is 45.5 Å². The summed E-state index contributed by atoms with van der Waals surface area (Å²) in [6, 6.07) is 18.5. The Hall–Kier alpha value is -6.58. The number of halogens is 6. The maximum absolute atomic E-state index is 14.4. The highest BCUT2D eigenvalue weighted by atomic mass is 19.4. The fourth-order valence-electron chi connectivity index (χ4n) is 5.80. The van der Waals surface area contributed by atoms with Gasteiger partial charge in [0, 0.05) is 12.2 Å². The summed E-state index contributed by atoms with van der Waals surface area (Å²) in [5, 5.41) is 0. The predicted octanol–water partition coefficient (Wildman–Crippen LogP) is 11.2. The van der Waals surface area contributed by atoms with Gasteiger partial charge < -0.3 is 28.4 Å². The molecule has 0 bridgehead atoms. The molecule has 0 radical (unpaired) electrons. The minimum absolute atomic E-state index is 0.249. The van der Waals surface area contributed by atoms with E-state index in [0.717, 1.165) is 50.7 Å². The van der Waals surface area contributed by atoms with Gasteiger partial charge in [0.2, 0.25) is 0 Å². The highest BCUT2D eigenvalue weighted by Crippen LogP contribution is 2.49. The highest BCUT2D eigenvalue weighted by Gasteiger charge is 2.49. The Balaban J connectivity index is 1.35. The van der Waals surface area contributed by atoms with E-state index < -0.39 is 58.9 Å². The van der Waals surface area contributed by atoms with Gasteiger partial charge in [0.15, 0.2) is 0 Å². The number of esters is 4. The molecule has 4 rings (SSSR count). The number of hydrogen-bond donors (Lipinski definition) is 0. The Bertz CT molecular complexity index is 2130. The van der Waals surface area contributed by atoms with Gasteiger partial charge in [-0.15, -0.1) is 0 Å². The van der Waals surface area contributed by atoms with Crippen LogP contribution in [-0.2, 0) is 31.4 Å². The Kier molecular flexibility index (Phi) is 18.2. The number of carbonyl (C=O) groups is 4. The van der Waals surface area contributed by atoms with Gasteiger partial charge in [-0.3, -0.25) is 0 Å². The SMILES string of the molecule is C=CC(=O)OCCCCCCOc1ccc(C(=O)Oc2ccc(OC(=O)c3ccc(-c4ccc(OCCCCCCOC(=O)C=C)cc4)cc3)c(C(F)(F)F)c2C(F)(F)F)cc1. The van der Waals surface area contributed by atoms with Crippen LogP contribution in [0.5, 0.6) is 23.0 Å². The van der Waals surface area contributed by atoms with E-state index in [1.807, 2.05) is 0 Å². The number of carbonyl (C=O) groups excluding carboxylic acids is 4. The van der Waals surface area contributed by atoms with E-state index in [0.29, 0.717) is 67.4 Å². The summed E-state index contributed by atoms with van der Waals surface area (Å²) in [5.41, 5.74) is -3.91. The minimum Gasteiger partial charge on any atom is -0.494 e. The predicted molar refractivity (Wildman–Crippen MR) is 215 cm³/mol. The van der Waals surface area contributed by atoms with Gasteiger partial charge in [0.05, 0.1) is 37.6 Å². The van der Waals surface area contributed by atoms with Gasteiger partial charge in [0.1, 0.15) is 34.1 Å². The summed E-state index contributed by atoms with van der Waals surface area (Å²) in [4.78, 5) is 48.0. The summed E-state index contributed by atoms with van der Waals surface area (Å²) in [5.74, 6) is -5.67. The third-order valence-corrected chi connectivity index (χ3v) is 8.94. The fraction of sp³-hybridized carbons (Fsp3) is 0.304. The monoisotopic (exact) mass is 870 g/mol. The largest absolute Gasteiger partial charge is 0.494 e. The van der Waals surface area contributed by atoms with Crippen LogP contribution in [0.15, 0.2) is 110 Å². The first kappa shape index (κ1) is 48.1. The lowest BCUT2D eigenvalue weighted by molar-refractivity contribution is -0.163. The normalized spacial score (nSPS) is 11.3. The molecule has 0 aromatic heterocycles. The van der Waals surface area contributed by atoms with E-state index in [-0.39, 0.29) is 17.7 Å². The Morgan fingerprint density at radius 2 is 0.774 bits per heavy atom. The average Bonchev–Trinajstić information content (AvgIpc) is 3.25. The minimum atomic E-state index is -5.71. The van der Waals surface area contributed by atoms with Crippen molar-refractivity contribution in [3.63, 3.8) is 0 Å². The molecule has 330 valence electrons. The van der Waals surface area contributed by atoms with Crippen molar-refractivity contribution in [1.29, 1.82) is 0 Å². The van der Waals surface area contributed by atoms with Crippen molar-refractivity contribution in [1.82, 2.24) is 0 Å². The van der Waals surface area contributed by atoms with Gasteiger partial charge in [-0.25, -0.2) is 19.2 Å². The molecule has 0 saturated carbocycles. The maximum Gasteiger partial charge on any atom is 0.420 e. The Morgan fingerprint density at radius 1 is 0.452 bits per heavy atom. The molecular weight excluding hydrogens is 826 g/mol. The lowest BCUT2D eigenvalue weighted by Gasteiger charge is -2.21. The van der Waals surface area contributed by atoms with Crippen molar-refractivity contribution in [2.75, 3.05) is 26.4 Å². The molecule has 0 fully saturated rings. The molecule has 0 saturated heterocycles. The second-order valence-electron chi connectivity index (χ2n) is 13.5. The first-order chi connectivity index (χ1) is 29.6. The number of rotatable bonds is 23. The van der Waals surface area contributed by atoms with E-state index in [4.69, 9.17) is 28.4 Å². The summed E-state index contributed by atoms with van der Waals surface area (Å²) >= 11 is 0. The van der Waals surface area contributed by atoms with E-state index in [1.54, 1.807) is 24.3 Å². The lowest BCUT2D eigenvalue weighted by Crippen LogP contribution is -2.22. The number of benzene rings is 4. The van der Waals surface area contributed by atoms with Gasteiger partial charge in [-0.05, 0) is 123 Å². The van der Waals surface area contributed by atoms with Crippen LogP contribution in [0, 0.1) is 0 Å². The van der Waals surface area contributed by atoms with Crippen LogP contribution < -0.4 is 18.9 Å². The van der Waals surface area contributed by atoms with E-state index >= 15 is 0 Å². The summed E-state index contributed by atoms with van der Waals surface area (Å²) < 4.78 is 117. The molecule has 0 heterocycles. The Labute approximate surface area is 354 Å². The molecule has 0 amide bonds. The van der Waals surface area contributed by atoms with Crippen LogP contribution in [0.3, 0.4) is 0 Å². The first-order valence-corrected chi connectivity index (χ1v) is 19.5. The second-order valence-corrected chi connectivity index (χ2v) is 13.5. The van der Waals surface area contributed by atoms with E-state index in [1.165, 1.54) is 48.5 Å². The molecular formula is C46H44F6O10. The van der Waals surface area contributed by atoms with Crippen LogP contribution in [0.1, 0.15) is 83.2 Å². The fourth-order valence-corrected chi connectivity index (χ4v) is 5.80. The molecule has 0 aliphatic rings. The molecule has 16 heteroatoms.